The van der Waals surface area contributed by atoms with Crippen molar-refractivity contribution in [3.05, 3.63) is 88.4 Å². The van der Waals surface area contributed by atoms with Gasteiger partial charge in [0.25, 0.3) is 0 Å². The van der Waals surface area contributed by atoms with Crippen LogP contribution in [0.15, 0.2) is 71.6 Å². The van der Waals surface area contributed by atoms with Gasteiger partial charge < -0.3 is 10.1 Å². The van der Waals surface area contributed by atoms with Crippen molar-refractivity contribution in [3.63, 3.8) is 0 Å². The topological polar surface area (TPSA) is 84.5 Å². The van der Waals surface area contributed by atoms with Gasteiger partial charge >= 0.3 is 0 Å². The van der Waals surface area contributed by atoms with Crippen LogP contribution in [0.4, 0.5) is 5.69 Å². The fourth-order valence-corrected chi connectivity index (χ4v) is 4.71. The molecule has 0 aliphatic carbocycles. The van der Waals surface area contributed by atoms with Crippen LogP contribution in [-0.2, 0) is 21.2 Å². The van der Waals surface area contributed by atoms with Crippen LogP contribution in [0.25, 0.3) is 0 Å². The first-order valence-corrected chi connectivity index (χ1v) is 11.8. The largest absolute Gasteiger partial charge is 0.496 e. The number of benzene rings is 3. The Hall–Kier alpha value is -2.87. The lowest BCUT2D eigenvalue weighted by Crippen LogP contribution is -2.45. The SMILES string of the molecule is COc1ccc(S(=O)(=O)N[C@H](Cc2ccccc2)C(=O)Nc2cc(Cl)ccc2C)cc1C. The Morgan fingerprint density at radius 3 is 2.38 bits per heavy atom. The minimum absolute atomic E-state index is 0.0561. The monoisotopic (exact) mass is 472 g/mol. The molecule has 0 saturated heterocycles. The molecule has 0 radical (unpaired) electrons. The number of amides is 1. The lowest BCUT2D eigenvalue weighted by molar-refractivity contribution is -0.117. The molecule has 0 saturated carbocycles. The molecular weight excluding hydrogens is 448 g/mol. The summed E-state index contributed by atoms with van der Waals surface area (Å²) in [6, 6.07) is 17.9. The molecule has 0 aromatic heterocycles. The molecule has 1 amide bonds. The zero-order valence-corrected chi connectivity index (χ0v) is 19.6. The van der Waals surface area contributed by atoms with Crippen LogP contribution in [0.5, 0.6) is 5.75 Å². The van der Waals surface area contributed by atoms with Crippen LogP contribution >= 0.6 is 11.6 Å². The summed E-state index contributed by atoms with van der Waals surface area (Å²) in [6.07, 6.45) is 0.181. The van der Waals surface area contributed by atoms with Crippen LogP contribution in [0.2, 0.25) is 5.02 Å². The Morgan fingerprint density at radius 1 is 1.00 bits per heavy atom. The van der Waals surface area contributed by atoms with Crippen molar-refractivity contribution in [3.8, 4) is 5.75 Å². The van der Waals surface area contributed by atoms with Gasteiger partial charge in [-0.1, -0.05) is 48.0 Å². The number of methoxy groups -OCH3 is 1. The summed E-state index contributed by atoms with van der Waals surface area (Å²) in [5.41, 5.74) is 2.84. The molecule has 0 aliphatic rings. The molecule has 0 aliphatic heterocycles. The predicted molar refractivity (Wildman–Crippen MR) is 127 cm³/mol. The Kier molecular flexibility index (Phi) is 7.56. The third-order valence-corrected chi connectivity index (χ3v) is 6.74. The number of halogens is 1. The predicted octanol–water partition coefficient (Wildman–Crippen LogP) is 4.49. The van der Waals surface area contributed by atoms with Crippen molar-refractivity contribution in [1.82, 2.24) is 4.72 Å². The van der Waals surface area contributed by atoms with Gasteiger partial charge in [-0.2, -0.15) is 4.72 Å². The number of hydrogen-bond acceptors (Lipinski definition) is 4. The van der Waals surface area contributed by atoms with Crippen LogP contribution < -0.4 is 14.8 Å². The summed E-state index contributed by atoms with van der Waals surface area (Å²) in [4.78, 5) is 13.2. The number of ether oxygens (including phenoxy) is 1. The van der Waals surface area contributed by atoms with E-state index in [0.717, 1.165) is 11.1 Å². The van der Waals surface area contributed by atoms with E-state index in [9.17, 15) is 13.2 Å². The number of aryl methyl sites for hydroxylation is 2. The Bertz CT molecular complexity index is 1210. The molecule has 32 heavy (non-hydrogen) atoms. The van der Waals surface area contributed by atoms with Gasteiger partial charge in [0.15, 0.2) is 0 Å². The number of anilines is 1. The molecule has 3 rings (SSSR count). The van der Waals surface area contributed by atoms with Gasteiger partial charge in [0, 0.05) is 10.7 Å². The lowest BCUT2D eigenvalue weighted by atomic mass is 10.1. The van der Waals surface area contributed by atoms with Gasteiger partial charge in [-0.15, -0.1) is 0 Å². The summed E-state index contributed by atoms with van der Waals surface area (Å²) in [5, 5.41) is 3.28. The van der Waals surface area contributed by atoms with Crippen molar-refractivity contribution >= 4 is 33.2 Å². The van der Waals surface area contributed by atoms with E-state index in [1.807, 2.05) is 37.3 Å². The summed E-state index contributed by atoms with van der Waals surface area (Å²) in [5.74, 6) is 0.104. The maximum atomic E-state index is 13.2. The number of sulfonamides is 1. The first-order chi connectivity index (χ1) is 15.2. The maximum absolute atomic E-state index is 13.2. The average molecular weight is 473 g/mol. The normalized spacial score (nSPS) is 12.2. The summed E-state index contributed by atoms with van der Waals surface area (Å²) in [7, 11) is -2.45. The van der Waals surface area contributed by atoms with E-state index in [1.54, 1.807) is 31.2 Å². The summed E-state index contributed by atoms with van der Waals surface area (Å²) >= 11 is 6.06. The second kappa shape index (κ2) is 10.2. The molecule has 3 aromatic carbocycles. The van der Waals surface area contributed by atoms with Gasteiger partial charge in [0.2, 0.25) is 15.9 Å². The lowest BCUT2D eigenvalue weighted by Gasteiger charge is -2.20. The van der Waals surface area contributed by atoms with Gasteiger partial charge in [-0.3, -0.25) is 4.79 Å². The molecule has 6 nitrogen and oxygen atoms in total. The van der Waals surface area contributed by atoms with Gasteiger partial charge in [-0.25, -0.2) is 8.42 Å². The third-order valence-electron chi connectivity index (χ3n) is 5.03. The first kappa shape index (κ1) is 23.8. The van der Waals surface area contributed by atoms with Crippen molar-refractivity contribution in [1.29, 1.82) is 0 Å². The molecule has 2 N–H and O–H groups in total. The highest BCUT2D eigenvalue weighted by molar-refractivity contribution is 7.89. The molecular formula is C24H25ClN2O4S. The Morgan fingerprint density at radius 2 is 1.72 bits per heavy atom. The second-order valence-electron chi connectivity index (χ2n) is 7.44. The molecule has 0 fully saturated rings. The van der Waals surface area contributed by atoms with Gasteiger partial charge in [-0.05, 0) is 67.3 Å². The van der Waals surface area contributed by atoms with E-state index in [0.29, 0.717) is 22.0 Å². The number of carbonyl (C=O) groups excluding carboxylic acids is 1. The van der Waals surface area contributed by atoms with Crippen LogP contribution in [0, 0.1) is 13.8 Å². The zero-order chi connectivity index (χ0) is 23.3. The van der Waals surface area contributed by atoms with E-state index >= 15 is 0 Å². The molecule has 3 aromatic rings. The van der Waals surface area contributed by atoms with Gasteiger partial charge in [0.1, 0.15) is 11.8 Å². The number of rotatable bonds is 8. The van der Waals surface area contributed by atoms with E-state index < -0.39 is 22.0 Å². The molecule has 0 spiro atoms. The van der Waals surface area contributed by atoms with E-state index in [4.69, 9.17) is 16.3 Å². The third kappa shape index (κ3) is 5.88. The summed E-state index contributed by atoms with van der Waals surface area (Å²) < 4.78 is 34.0. The molecule has 0 bridgehead atoms. The minimum atomic E-state index is -3.98. The maximum Gasteiger partial charge on any atom is 0.242 e. The molecule has 1 atom stereocenters. The van der Waals surface area contributed by atoms with Crippen molar-refractivity contribution in [2.75, 3.05) is 12.4 Å². The quantitative estimate of drug-likeness (QED) is 0.505. The van der Waals surface area contributed by atoms with Crippen molar-refractivity contribution in [2.24, 2.45) is 0 Å². The highest BCUT2D eigenvalue weighted by Crippen LogP contribution is 2.23. The zero-order valence-electron chi connectivity index (χ0n) is 18.1. The van der Waals surface area contributed by atoms with E-state index in [1.165, 1.54) is 19.2 Å². The molecule has 168 valence electrons. The van der Waals surface area contributed by atoms with Crippen molar-refractivity contribution in [2.45, 2.75) is 31.2 Å². The van der Waals surface area contributed by atoms with Crippen molar-refractivity contribution < 1.29 is 17.9 Å². The van der Waals surface area contributed by atoms with Gasteiger partial charge in [0.05, 0.1) is 12.0 Å². The fraction of sp³-hybridized carbons (Fsp3) is 0.208. The van der Waals surface area contributed by atoms with Crippen LogP contribution in [-0.4, -0.2) is 27.5 Å². The molecule has 0 heterocycles. The summed E-state index contributed by atoms with van der Waals surface area (Å²) in [6.45, 7) is 3.59. The smallest absolute Gasteiger partial charge is 0.242 e. The van der Waals surface area contributed by atoms with E-state index in [-0.39, 0.29) is 11.3 Å². The number of nitrogens with one attached hydrogen (secondary N) is 2. The highest BCUT2D eigenvalue weighted by atomic mass is 35.5. The number of carbonyl (C=O) groups is 1. The average Bonchev–Trinajstić information content (AvgIpc) is 2.76. The first-order valence-electron chi connectivity index (χ1n) is 9.97. The van der Waals surface area contributed by atoms with E-state index in [2.05, 4.69) is 10.0 Å². The molecule has 0 unspecified atom stereocenters. The van der Waals surface area contributed by atoms with Crippen LogP contribution in [0.3, 0.4) is 0 Å². The minimum Gasteiger partial charge on any atom is -0.496 e. The van der Waals surface area contributed by atoms with Crippen LogP contribution in [0.1, 0.15) is 16.7 Å². The highest BCUT2D eigenvalue weighted by Gasteiger charge is 2.27. The standard InChI is InChI=1S/C24H25ClN2O4S/c1-16-9-10-19(25)15-21(16)26-24(28)22(14-18-7-5-4-6-8-18)27-32(29,30)20-11-12-23(31-3)17(2)13-20/h4-13,15,22,27H,14H2,1-3H3,(H,26,28)/t22-/m1/s1. The second-order valence-corrected chi connectivity index (χ2v) is 9.59. The molecule has 8 heteroatoms. The fourth-order valence-electron chi connectivity index (χ4n) is 3.26. The Balaban J connectivity index is 1.90. The Labute approximate surface area is 193 Å². The number of hydrogen-bond donors (Lipinski definition) is 2.